The fourth-order valence-electron chi connectivity index (χ4n) is 4.48. The van der Waals surface area contributed by atoms with E-state index in [-0.39, 0.29) is 12.0 Å². The Labute approximate surface area is 184 Å². The number of nitrogens with zero attached hydrogens (tertiary/aromatic N) is 3. The van der Waals surface area contributed by atoms with Gasteiger partial charge in [-0.3, -0.25) is 14.6 Å². The molecule has 1 saturated heterocycles. The van der Waals surface area contributed by atoms with Crippen molar-refractivity contribution in [2.75, 3.05) is 38.0 Å². The third-order valence-electron chi connectivity index (χ3n) is 6.32. The third kappa shape index (κ3) is 5.93. The van der Waals surface area contributed by atoms with Crippen LogP contribution in [-0.4, -0.2) is 64.6 Å². The van der Waals surface area contributed by atoms with Crippen LogP contribution in [0.15, 0.2) is 28.9 Å². The summed E-state index contributed by atoms with van der Waals surface area (Å²) in [4.78, 5) is 21.6. The normalized spacial score (nSPS) is 18.1. The molecule has 1 amide bonds. The lowest BCUT2D eigenvalue weighted by Gasteiger charge is -2.35. The van der Waals surface area contributed by atoms with E-state index in [1.807, 2.05) is 6.07 Å². The molecule has 0 radical (unpaired) electrons. The number of unbranched alkanes of at least 4 members (excludes halogenated alkanes) is 1. The maximum Gasteiger partial charge on any atom is 0.277 e. The predicted molar refractivity (Wildman–Crippen MR) is 120 cm³/mol. The quantitative estimate of drug-likeness (QED) is 0.641. The van der Waals surface area contributed by atoms with Crippen molar-refractivity contribution < 1.29 is 14.3 Å². The Kier molecular flexibility index (Phi) is 7.37. The van der Waals surface area contributed by atoms with Crippen LogP contribution in [0.5, 0.6) is 0 Å². The second-order valence-electron chi connectivity index (χ2n) is 8.79. The highest BCUT2D eigenvalue weighted by Crippen LogP contribution is 2.25. The fraction of sp³-hybridized carbons (Fsp3) is 0.583. The zero-order chi connectivity index (χ0) is 21.6. The molecule has 2 N–H and O–H groups in total. The number of fused-ring (bicyclic) bond motifs is 1. The zero-order valence-electron chi connectivity index (χ0n) is 18.5. The van der Waals surface area contributed by atoms with Gasteiger partial charge in [0.1, 0.15) is 6.26 Å². The number of amides is 1. The average molecular weight is 427 g/mol. The van der Waals surface area contributed by atoms with E-state index >= 15 is 0 Å². The van der Waals surface area contributed by atoms with Gasteiger partial charge in [-0.15, -0.1) is 0 Å². The number of carbonyl (C=O) groups excluding carboxylic acids is 1. The van der Waals surface area contributed by atoms with E-state index < -0.39 is 0 Å². The van der Waals surface area contributed by atoms with Gasteiger partial charge in [-0.05, 0) is 48.9 Å². The molecule has 1 aliphatic heterocycles. The van der Waals surface area contributed by atoms with Crippen molar-refractivity contribution in [1.29, 1.82) is 0 Å². The summed E-state index contributed by atoms with van der Waals surface area (Å²) in [5, 5.41) is 13.1. The van der Waals surface area contributed by atoms with Gasteiger partial charge in [0.15, 0.2) is 5.69 Å². The number of aliphatic hydroxyl groups is 1. The number of β-amino-alcohol motifs (C(OH)–C–C–N with tert-alkyl or cyclic N) is 1. The van der Waals surface area contributed by atoms with Crippen molar-refractivity contribution >= 4 is 11.6 Å². The van der Waals surface area contributed by atoms with Crippen LogP contribution in [0.3, 0.4) is 0 Å². The van der Waals surface area contributed by atoms with Gasteiger partial charge >= 0.3 is 0 Å². The van der Waals surface area contributed by atoms with Crippen LogP contribution in [0.2, 0.25) is 0 Å². The molecule has 168 valence electrons. The number of carbonyl (C=O) groups is 1. The predicted octanol–water partition coefficient (Wildman–Crippen LogP) is 3.08. The first-order chi connectivity index (χ1) is 15.1. The van der Waals surface area contributed by atoms with Gasteiger partial charge in [-0.1, -0.05) is 25.8 Å². The number of nitrogens with one attached hydrogen (secondary N) is 1. The zero-order valence-corrected chi connectivity index (χ0v) is 18.5. The fourth-order valence-corrected chi connectivity index (χ4v) is 4.48. The van der Waals surface area contributed by atoms with Crippen LogP contribution >= 0.6 is 0 Å². The Morgan fingerprint density at radius 1 is 1.19 bits per heavy atom. The van der Waals surface area contributed by atoms with Crippen LogP contribution in [0.25, 0.3) is 0 Å². The summed E-state index contributed by atoms with van der Waals surface area (Å²) in [6.45, 7) is 7.15. The molecule has 7 nitrogen and oxygen atoms in total. The number of aliphatic hydroxyl groups excluding tert-OH is 1. The average Bonchev–Trinajstić information content (AvgIpc) is 3.43. The van der Waals surface area contributed by atoms with Crippen molar-refractivity contribution in [3.05, 3.63) is 47.2 Å². The summed E-state index contributed by atoms with van der Waals surface area (Å²) in [5.41, 5.74) is 3.84. The SMILES string of the molecule is CCCC[C@@H](O)CN1CCN(Cc2nc(C(=O)Nc3ccc4c(c3)CCC4)co2)CC1. The molecule has 1 aromatic heterocycles. The number of oxazole rings is 1. The monoisotopic (exact) mass is 426 g/mol. The molecular weight excluding hydrogens is 392 g/mol. The largest absolute Gasteiger partial charge is 0.447 e. The molecule has 2 heterocycles. The second kappa shape index (κ2) is 10.4. The first kappa shape index (κ1) is 22.0. The van der Waals surface area contributed by atoms with Gasteiger partial charge in [0, 0.05) is 38.4 Å². The van der Waals surface area contributed by atoms with Crippen molar-refractivity contribution in [2.45, 2.75) is 58.1 Å². The summed E-state index contributed by atoms with van der Waals surface area (Å²) in [5.74, 6) is 0.328. The van der Waals surface area contributed by atoms with Gasteiger partial charge in [0.05, 0.1) is 12.6 Å². The molecular formula is C24H34N4O3. The van der Waals surface area contributed by atoms with Crippen molar-refractivity contribution in [2.24, 2.45) is 0 Å². The van der Waals surface area contributed by atoms with Gasteiger partial charge in [-0.2, -0.15) is 0 Å². The lowest BCUT2D eigenvalue weighted by atomic mass is 10.1. The highest BCUT2D eigenvalue weighted by molar-refractivity contribution is 6.02. The van der Waals surface area contributed by atoms with Gasteiger partial charge < -0.3 is 14.8 Å². The topological polar surface area (TPSA) is 81.8 Å². The first-order valence-corrected chi connectivity index (χ1v) is 11.6. The minimum Gasteiger partial charge on any atom is -0.447 e. The Bertz CT molecular complexity index is 873. The Balaban J connectivity index is 1.23. The highest BCUT2D eigenvalue weighted by atomic mass is 16.3. The Hall–Kier alpha value is -2.22. The van der Waals surface area contributed by atoms with Gasteiger partial charge in [-0.25, -0.2) is 4.98 Å². The maximum atomic E-state index is 12.6. The number of rotatable bonds is 9. The number of benzene rings is 1. The lowest BCUT2D eigenvalue weighted by Crippen LogP contribution is -2.48. The minimum absolute atomic E-state index is 0.231. The van der Waals surface area contributed by atoms with E-state index in [2.05, 4.69) is 39.2 Å². The number of hydrogen-bond donors (Lipinski definition) is 2. The van der Waals surface area contributed by atoms with Crippen LogP contribution < -0.4 is 5.32 Å². The molecule has 2 aliphatic rings. The van der Waals surface area contributed by atoms with Crippen LogP contribution in [0, 0.1) is 0 Å². The Morgan fingerprint density at radius 2 is 1.97 bits per heavy atom. The molecule has 0 saturated carbocycles. The molecule has 4 rings (SSSR count). The number of aromatic nitrogens is 1. The Morgan fingerprint density at radius 3 is 2.77 bits per heavy atom. The van der Waals surface area contributed by atoms with Gasteiger partial charge in [0.2, 0.25) is 5.89 Å². The molecule has 0 spiro atoms. The molecule has 0 bridgehead atoms. The second-order valence-corrected chi connectivity index (χ2v) is 8.79. The molecule has 31 heavy (non-hydrogen) atoms. The van der Waals surface area contributed by atoms with Gasteiger partial charge in [0.25, 0.3) is 5.91 Å². The number of anilines is 1. The molecule has 1 aromatic carbocycles. The third-order valence-corrected chi connectivity index (χ3v) is 6.32. The number of aryl methyl sites for hydroxylation is 2. The summed E-state index contributed by atoms with van der Waals surface area (Å²) in [6, 6.07) is 6.14. The van der Waals surface area contributed by atoms with E-state index in [9.17, 15) is 9.90 Å². The lowest BCUT2D eigenvalue weighted by molar-refractivity contribution is 0.0627. The van der Waals surface area contributed by atoms with Crippen molar-refractivity contribution in [3.8, 4) is 0 Å². The van der Waals surface area contributed by atoms with Crippen molar-refractivity contribution in [3.63, 3.8) is 0 Å². The molecule has 2 aromatic rings. The summed E-state index contributed by atoms with van der Waals surface area (Å²) in [6.07, 6.45) is 7.68. The molecule has 0 unspecified atom stereocenters. The van der Waals surface area contributed by atoms with E-state index in [1.54, 1.807) is 0 Å². The summed E-state index contributed by atoms with van der Waals surface area (Å²) >= 11 is 0. The maximum absolute atomic E-state index is 12.6. The summed E-state index contributed by atoms with van der Waals surface area (Å²) in [7, 11) is 0. The first-order valence-electron chi connectivity index (χ1n) is 11.6. The minimum atomic E-state index is -0.237. The molecule has 1 aliphatic carbocycles. The standard InChI is InChI=1S/C24H34N4O3/c1-2-3-7-21(29)15-27-10-12-28(13-11-27)16-23-26-22(17-31-23)24(30)25-20-9-8-18-5-4-6-19(18)14-20/h8-9,14,17,21,29H,2-7,10-13,15-16H2,1H3,(H,25,30)/t21-/m1/s1. The molecule has 7 heteroatoms. The number of piperazine rings is 1. The van der Waals surface area contributed by atoms with E-state index in [4.69, 9.17) is 4.42 Å². The highest BCUT2D eigenvalue weighted by Gasteiger charge is 2.21. The van der Waals surface area contributed by atoms with Crippen LogP contribution in [-0.2, 0) is 19.4 Å². The molecule has 1 fully saturated rings. The molecule has 1 atom stereocenters. The summed E-state index contributed by atoms with van der Waals surface area (Å²) < 4.78 is 5.57. The van der Waals surface area contributed by atoms with Crippen LogP contribution in [0.1, 0.15) is 60.1 Å². The van der Waals surface area contributed by atoms with E-state index in [0.29, 0.717) is 18.1 Å². The van der Waals surface area contributed by atoms with E-state index in [1.165, 1.54) is 23.8 Å². The van der Waals surface area contributed by atoms with Crippen molar-refractivity contribution in [1.82, 2.24) is 14.8 Å². The van der Waals surface area contributed by atoms with E-state index in [0.717, 1.165) is 70.5 Å². The van der Waals surface area contributed by atoms with Crippen LogP contribution in [0.4, 0.5) is 5.69 Å². The number of hydrogen-bond acceptors (Lipinski definition) is 6. The smallest absolute Gasteiger partial charge is 0.277 e.